The van der Waals surface area contributed by atoms with Crippen molar-refractivity contribution in [2.45, 2.75) is 213 Å². The lowest BCUT2D eigenvalue weighted by molar-refractivity contribution is -0.152. The van der Waals surface area contributed by atoms with Gasteiger partial charge in [-0.05, 0) is 127 Å². The van der Waals surface area contributed by atoms with Gasteiger partial charge in [-0.1, -0.05) is 96.1 Å². The third-order valence-electron chi connectivity index (χ3n) is 17.1. The molecule has 1 fully saturated rings. The number of nitrogens with one attached hydrogen (secondary N) is 3. The lowest BCUT2D eigenvalue weighted by atomic mass is 9.97. The molecule has 2 aliphatic heterocycles. The summed E-state index contributed by atoms with van der Waals surface area (Å²) in [7, 11) is 8.71. The van der Waals surface area contributed by atoms with Crippen molar-refractivity contribution in [3.8, 4) is 0 Å². The Morgan fingerprint density at radius 3 is 1.63 bits per heavy atom. The maximum atomic E-state index is 15.0. The minimum absolute atomic E-state index is 0.0556. The highest BCUT2D eigenvalue weighted by molar-refractivity contribution is 5.98. The lowest BCUT2D eigenvalue weighted by Gasteiger charge is -2.37. The quantitative estimate of drug-likeness (QED) is 0.227. The van der Waals surface area contributed by atoms with Gasteiger partial charge in [0.05, 0.1) is 24.9 Å². The Morgan fingerprint density at radius 2 is 1.08 bits per heavy atom. The number of ether oxygens (including phenoxy) is 1. The van der Waals surface area contributed by atoms with Crippen molar-refractivity contribution in [1.82, 2.24) is 50.2 Å². The molecule has 2 aromatic carbocycles. The molecule has 10 amide bonds. The number of rotatable bonds is 12. The predicted octanol–water partition coefficient (Wildman–Crippen LogP) is 4.61. The van der Waals surface area contributed by atoms with Gasteiger partial charge >= 0.3 is 0 Å². The molecule has 9 atom stereocenters. The summed E-state index contributed by atoms with van der Waals surface area (Å²) in [6.07, 6.45) is 3.56. The summed E-state index contributed by atoms with van der Waals surface area (Å²) in [5.74, 6) is -6.29. The molecule has 22 nitrogen and oxygen atoms in total. The van der Waals surface area contributed by atoms with Crippen molar-refractivity contribution in [3.63, 3.8) is 0 Å². The van der Waals surface area contributed by atoms with Crippen LogP contribution in [0.5, 0.6) is 0 Å². The molecule has 1 saturated heterocycles. The van der Waals surface area contributed by atoms with Gasteiger partial charge in [-0.15, -0.1) is 0 Å². The Bertz CT molecular complexity index is 2750. The van der Waals surface area contributed by atoms with Crippen molar-refractivity contribution in [1.29, 1.82) is 0 Å². The Balaban J connectivity index is 1.83. The van der Waals surface area contributed by atoms with Crippen LogP contribution in [-0.2, 0) is 71.9 Å². The SMILES string of the molecule is CC(C)C[C@H]1C(=O)NC(COC(C)(C)C)C(=O)N(C)[C@@H](CC(C)C)C(=O)N[C@H](C(=O)N2CCCCC2)Cc2cccc(c2)CCCCC(=O)N(C)[C@@H](C)C(=O)N(C)[C@@H](Cc2ccccc2)C(=O)N(C)[C@@H](CC(C)C)C(=O)N[C@@H]([C@@H](C)O)C(=O)N(C)CC(=O)N1C. The van der Waals surface area contributed by atoms with E-state index in [-0.39, 0.29) is 74.7 Å². The fourth-order valence-corrected chi connectivity index (χ4v) is 11.5. The lowest BCUT2D eigenvalue weighted by Crippen LogP contribution is -2.61. The molecule has 2 aromatic rings. The van der Waals surface area contributed by atoms with Crippen molar-refractivity contribution in [2.24, 2.45) is 17.8 Å². The van der Waals surface area contributed by atoms with Crippen molar-refractivity contribution < 1.29 is 57.8 Å². The van der Waals surface area contributed by atoms with E-state index >= 15 is 9.59 Å². The normalized spacial score (nSPS) is 24.7. The number of aliphatic hydroxyl groups is 1. The number of fused-ring (bicyclic) bond motifs is 2. The second-order valence-electron chi connectivity index (χ2n) is 27.3. The molecule has 90 heavy (non-hydrogen) atoms. The molecule has 2 aliphatic rings. The van der Waals surface area contributed by atoms with E-state index in [1.165, 1.54) is 66.7 Å². The highest BCUT2D eigenvalue weighted by Gasteiger charge is 2.42. The molecule has 4 N–H and O–H groups in total. The van der Waals surface area contributed by atoms with Crippen LogP contribution in [0.15, 0.2) is 54.6 Å². The molecule has 0 spiro atoms. The molecule has 0 aliphatic carbocycles. The summed E-state index contributed by atoms with van der Waals surface area (Å²) >= 11 is 0. The summed E-state index contributed by atoms with van der Waals surface area (Å²) in [6, 6.07) is 7.20. The first-order valence-corrected chi connectivity index (χ1v) is 32.3. The zero-order chi connectivity index (χ0) is 67.5. The van der Waals surface area contributed by atoms with Gasteiger partial charge in [0.15, 0.2) is 0 Å². The summed E-state index contributed by atoms with van der Waals surface area (Å²) in [4.78, 5) is 155. The summed E-state index contributed by atoms with van der Waals surface area (Å²) < 4.78 is 6.16. The summed E-state index contributed by atoms with van der Waals surface area (Å²) in [5.41, 5.74) is 1.70. The first-order valence-electron chi connectivity index (χ1n) is 32.3. The van der Waals surface area contributed by atoms with Crippen LogP contribution < -0.4 is 16.0 Å². The summed E-state index contributed by atoms with van der Waals surface area (Å²) in [5, 5.41) is 19.8. The van der Waals surface area contributed by atoms with Crippen LogP contribution in [0.25, 0.3) is 0 Å². The molecule has 4 rings (SSSR count). The Kier molecular flexibility index (Phi) is 29.4. The van der Waals surface area contributed by atoms with Gasteiger partial charge in [0, 0.05) is 74.6 Å². The van der Waals surface area contributed by atoms with Gasteiger partial charge in [-0.2, -0.15) is 0 Å². The molecule has 2 bridgehead atoms. The molecule has 2 heterocycles. The highest BCUT2D eigenvalue weighted by atomic mass is 16.5. The first-order chi connectivity index (χ1) is 42.1. The topological polar surface area (TPSA) is 259 Å². The van der Waals surface area contributed by atoms with E-state index in [4.69, 9.17) is 4.74 Å². The molecule has 1 unspecified atom stereocenters. The Labute approximate surface area is 535 Å². The fraction of sp³-hybridized carbons (Fsp3) is 0.676. The van der Waals surface area contributed by atoms with Gasteiger partial charge in [0.25, 0.3) is 0 Å². The van der Waals surface area contributed by atoms with E-state index in [1.807, 2.05) is 96.1 Å². The number of benzene rings is 2. The predicted molar refractivity (Wildman–Crippen MR) is 346 cm³/mol. The van der Waals surface area contributed by atoms with E-state index in [1.54, 1.807) is 39.6 Å². The number of hydrogen-bond donors (Lipinski definition) is 4. The van der Waals surface area contributed by atoms with Crippen LogP contribution in [0.1, 0.15) is 151 Å². The zero-order valence-corrected chi connectivity index (χ0v) is 57.0. The average Bonchev–Trinajstić information content (AvgIpc) is 3.10. The zero-order valence-electron chi connectivity index (χ0n) is 57.0. The number of nitrogens with zero attached hydrogens (tertiary/aromatic N) is 7. The molecule has 0 saturated carbocycles. The molecule has 0 radical (unpaired) electrons. The molecular formula is C68H108N10O12. The maximum Gasteiger partial charge on any atom is 0.248 e. The van der Waals surface area contributed by atoms with Gasteiger partial charge in [-0.3, -0.25) is 47.9 Å². The molecule has 0 aromatic heterocycles. The standard InChI is InChI=1S/C68H108N10O12/c1-43(2)35-53-60(82)70-52(42-90-68(9,10)11)64(86)75(15)54(36-44(3)4)61(83)69-51(65(87)78-33-24-19-25-34-78)39-50-31-26-30-48(38-50)29-22-23-32-57(80)73(13)46(7)63(85)77(17)56(40-49-27-20-18-21-28-49)66(88)76(16)55(37-45(5)6)62(84)71-59(47(8)79)67(89)72(12)41-58(81)74(53)14/h18,20-21,26-28,30-31,38,43-47,51-56,59,79H,19,22-25,29,32-37,39-42H2,1-17H3,(H,69,83)(H,70,82)(H,71,84)/t46-,47+,51-,52?,53-,54-,55-,56-,59-/m0/s1. The number of amides is 10. The van der Waals surface area contributed by atoms with Crippen molar-refractivity contribution in [3.05, 3.63) is 71.3 Å². The second-order valence-corrected chi connectivity index (χ2v) is 27.3. The number of hydrogen-bond acceptors (Lipinski definition) is 12. The number of piperidine rings is 1. The highest BCUT2D eigenvalue weighted by Crippen LogP contribution is 2.23. The number of aliphatic hydroxyl groups excluding tert-OH is 1. The van der Waals surface area contributed by atoms with Gasteiger partial charge in [-0.25, -0.2) is 0 Å². The van der Waals surface area contributed by atoms with Crippen LogP contribution >= 0.6 is 0 Å². The van der Waals surface area contributed by atoms with Gasteiger partial charge in [0.1, 0.15) is 48.3 Å². The van der Waals surface area contributed by atoms with Crippen LogP contribution in [0.3, 0.4) is 0 Å². The van der Waals surface area contributed by atoms with E-state index in [0.717, 1.165) is 40.9 Å². The van der Waals surface area contributed by atoms with Crippen LogP contribution in [0.4, 0.5) is 0 Å². The van der Waals surface area contributed by atoms with Crippen molar-refractivity contribution >= 4 is 59.1 Å². The van der Waals surface area contributed by atoms with Gasteiger partial charge < -0.3 is 60.1 Å². The second kappa shape index (κ2) is 35.0. The van der Waals surface area contributed by atoms with E-state index in [0.29, 0.717) is 32.4 Å². The third-order valence-corrected chi connectivity index (χ3v) is 17.1. The fourth-order valence-electron chi connectivity index (χ4n) is 11.5. The van der Waals surface area contributed by atoms with Crippen LogP contribution in [0, 0.1) is 17.8 Å². The largest absolute Gasteiger partial charge is 0.391 e. The van der Waals surface area contributed by atoms with Crippen molar-refractivity contribution in [2.75, 3.05) is 68.5 Å². The van der Waals surface area contributed by atoms with E-state index in [9.17, 15) is 43.5 Å². The monoisotopic (exact) mass is 1260 g/mol. The van der Waals surface area contributed by atoms with Crippen LogP contribution in [-0.4, -0.2) is 227 Å². The number of carbonyl (C=O) groups excluding carboxylic acids is 10. The van der Waals surface area contributed by atoms with E-state index < -0.39 is 114 Å². The minimum Gasteiger partial charge on any atom is -0.391 e. The van der Waals surface area contributed by atoms with E-state index in [2.05, 4.69) is 16.0 Å². The summed E-state index contributed by atoms with van der Waals surface area (Å²) in [6.45, 7) is 19.7. The molecule has 22 heteroatoms. The number of aryl methyl sites for hydroxylation is 1. The Morgan fingerprint density at radius 1 is 0.567 bits per heavy atom. The maximum absolute atomic E-state index is 15.0. The Hall–Kier alpha value is -6.94. The van der Waals surface area contributed by atoms with Crippen LogP contribution in [0.2, 0.25) is 0 Å². The first kappa shape index (κ1) is 75.5. The smallest absolute Gasteiger partial charge is 0.248 e. The number of likely N-dealkylation sites (N-methyl/N-ethyl adjacent to an activating group) is 6. The number of carbonyl (C=O) groups is 10. The number of likely N-dealkylation sites (tertiary alicyclic amines) is 1. The molecular weight excluding hydrogens is 1150 g/mol. The molecule has 502 valence electrons. The minimum atomic E-state index is -1.61. The third kappa shape index (κ3) is 22.5. The average molecular weight is 1260 g/mol. The van der Waals surface area contributed by atoms with Gasteiger partial charge in [0.2, 0.25) is 59.1 Å².